The van der Waals surface area contributed by atoms with Gasteiger partial charge in [0.15, 0.2) is 0 Å². The van der Waals surface area contributed by atoms with Gasteiger partial charge in [0.25, 0.3) is 0 Å². The number of nitrogens with two attached hydrogens (primary N) is 1. The fourth-order valence-corrected chi connectivity index (χ4v) is 3.30. The van der Waals surface area contributed by atoms with E-state index in [1.807, 2.05) is 36.5 Å². The predicted molar refractivity (Wildman–Crippen MR) is 92.5 cm³/mol. The number of fused-ring (bicyclic) bond motifs is 1. The van der Waals surface area contributed by atoms with E-state index in [1.54, 1.807) is 6.20 Å². The highest BCUT2D eigenvalue weighted by Gasteiger charge is 2.31. The summed E-state index contributed by atoms with van der Waals surface area (Å²) in [6.07, 6.45) is 9.13. The number of anilines is 1. The van der Waals surface area contributed by atoms with Crippen LogP contribution >= 0.6 is 11.6 Å². The Balaban J connectivity index is 1.80. The van der Waals surface area contributed by atoms with E-state index in [2.05, 4.69) is 16.1 Å². The van der Waals surface area contributed by atoms with Gasteiger partial charge < -0.3 is 10.6 Å². The minimum Gasteiger partial charge on any atom is -0.324 e. The summed E-state index contributed by atoms with van der Waals surface area (Å²) in [5.74, 6) is 0.761. The Kier molecular flexibility index (Phi) is 3.79. The van der Waals surface area contributed by atoms with Gasteiger partial charge in [-0.05, 0) is 36.6 Å². The molecule has 0 bridgehead atoms. The molecule has 118 valence electrons. The van der Waals surface area contributed by atoms with Crippen LogP contribution < -0.4 is 21.2 Å². The van der Waals surface area contributed by atoms with Gasteiger partial charge in [0, 0.05) is 23.7 Å². The smallest absolute Gasteiger partial charge is 0.140 e. The second kappa shape index (κ2) is 5.95. The van der Waals surface area contributed by atoms with E-state index in [9.17, 15) is 0 Å². The van der Waals surface area contributed by atoms with Crippen LogP contribution in [0.1, 0.15) is 19.3 Å². The van der Waals surface area contributed by atoms with Gasteiger partial charge in [-0.25, -0.2) is 0 Å². The summed E-state index contributed by atoms with van der Waals surface area (Å²) in [5, 5.41) is 2.55. The van der Waals surface area contributed by atoms with Crippen molar-refractivity contribution in [3.05, 3.63) is 58.3 Å². The molecule has 1 aliphatic heterocycles. The molecule has 5 heteroatoms. The van der Waals surface area contributed by atoms with Crippen molar-refractivity contribution in [2.75, 3.05) is 4.90 Å². The molecule has 2 heterocycles. The van der Waals surface area contributed by atoms with E-state index in [1.165, 1.54) is 12.8 Å². The Bertz CT molecular complexity index is 817. The molecular formula is C18H19ClN4. The van der Waals surface area contributed by atoms with Crippen LogP contribution in [-0.4, -0.2) is 17.2 Å². The number of halogens is 1. The number of pyridine rings is 1. The van der Waals surface area contributed by atoms with Crippen molar-refractivity contribution in [3.8, 4) is 0 Å². The standard InChI is InChI=1S/C18H19ClN4/c19-15-4-1-5-17-14(15)11-23(13-3-2-8-21-10-13)18(22-17)16(20)9-12-6-7-12/h1-5,8,10-12,16,18H,6-7,9,20H2/t16?,18-/m1/s1. The first-order chi connectivity index (χ1) is 11.2. The summed E-state index contributed by atoms with van der Waals surface area (Å²) in [7, 11) is 0. The summed E-state index contributed by atoms with van der Waals surface area (Å²) in [4.78, 5) is 11.2. The Morgan fingerprint density at radius 1 is 1.26 bits per heavy atom. The Morgan fingerprint density at radius 3 is 2.87 bits per heavy atom. The normalized spacial score (nSPS) is 21.1. The van der Waals surface area contributed by atoms with Crippen molar-refractivity contribution in [1.29, 1.82) is 0 Å². The van der Waals surface area contributed by atoms with Gasteiger partial charge in [-0.15, -0.1) is 0 Å². The van der Waals surface area contributed by atoms with Gasteiger partial charge >= 0.3 is 0 Å². The van der Waals surface area contributed by atoms with Crippen LogP contribution in [0.15, 0.2) is 47.7 Å². The maximum absolute atomic E-state index is 6.50. The lowest BCUT2D eigenvalue weighted by Crippen LogP contribution is -2.51. The minimum absolute atomic E-state index is 0.00825. The van der Waals surface area contributed by atoms with E-state index in [-0.39, 0.29) is 12.2 Å². The topological polar surface area (TPSA) is 54.5 Å². The van der Waals surface area contributed by atoms with Crippen LogP contribution in [0.25, 0.3) is 6.20 Å². The number of nitrogens with zero attached hydrogens (tertiary/aromatic N) is 3. The van der Waals surface area contributed by atoms with Gasteiger partial charge in [0.05, 0.1) is 22.3 Å². The molecule has 2 aliphatic rings. The van der Waals surface area contributed by atoms with E-state index >= 15 is 0 Å². The molecule has 4 nitrogen and oxygen atoms in total. The van der Waals surface area contributed by atoms with Crippen molar-refractivity contribution in [1.82, 2.24) is 4.98 Å². The van der Waals surface area contributed by atoms with Gasteiger partial charge in [-0.2, -0.15) is 0 Å². The third-order valence-corrected chi connectivity index (χ3v) is 4.81. The average Bonchev–Trinajstić information content (AvgIpc) is 3.39. The van der Waals surface area contributed by atoms with Crippen LogP contribution in [0.5, 0.6) is 0 Å². The first-order valence-corrected chi connectivity index (χ1v) is 8.38. The van der Waals surface area contributed by atoms with Crippen LogP contribution in [0, 0.1) is 5.92 Å². The Morgan fingerprint density at radius 2 is 2.13 bits per heavy atom. The lowest BCUT2D eigenvalue weighted by atomic mass is 10.1. The SMILES string of the molecule is NC(CC1CC1)[C@@H]1N=c2cccc(Cl)c2=CN1c1cccnc1. The summed E-state index contributed by atoms with van der Waals surface area (Å²) < 4.78 is 0. The monoisotopic (exact) mass is 326 g/mol. The first kappa shape index (κ1) is 14.7. The molecule has 2 aromatic rings. The molecule has 2 atom stereocenters. The molecule has 1 fully saturated rings. The van der Waals surface area contributed by atoms with Crippen molar-refractivity contribution in [2.24, 2.45) is 16.6 Å². The van der Waals surface area contributed by atoms with Crippen LogP contribution in [0.4, 0.5) is 5.69 Å². The molecule has 23 heavy (non-hydrogen) atoms. The zero-order valence-corrected chi connectivity index (χ0v) is 13.5. The molecule has 1 aromatic carbocycles. The predicted octanol–water partition coefficient (Wildman–Crippen LogP) is 2.07. The summed E-state index contributed by atoms with van der Waals surface area (Å²) in [6.45, 7) is 0. The molecule has 0 spiro atoms. The lowest BCUT2D eigenvalue weighted by Gasteiger charge is -2.33. The third kappa shape index (κ3) is 2.96. The zero-order valence-electron chi connectivity index (χ0n) is 12.8. The second-order valence-corrected chi connectivity index (χ2v) is 6.71. The summed E-state index contributed by atoms with van der Waals surface area (Å²) >= 11 is 6.35. The molecule has 1 aliphatic carbocycles. The van der Waals surface area contributed by atoms with Crippen LogP contribution in [0.3, 0.4) is 0 Å². The van der Waals surface area contributed by atoms with E-state index in [4.69, 9.17) is 22.3 Å². The van der Waals surface area contributed by atoms with Gasteiger partial charge in [-0.1, -0.05) is 30.5 Å². The molecule has 0 amide bonds. The zero-order chi connectivity index (χ0) is 15.8. The van der Waals surface area contributed by atoms with Crippen molar-refractivity contribution < 1.29 is 0 Å². The van der Waals surface area contributed by atoms with Gasteiger partial charge in [-0.3, -0.25) is 9.98 Å². The number of benzene rings is 1. The van der Waals surface area contributed by atoms with E-state index < -0.39 is 0 Å². The third-order valence-electron chi connectivity index (χ3n) is 4.48. The molecule has 0 saturated heterocycles. The fraction of sp³-hybridized carbons (Fsp3) is 0.333. The molecule has 0 radical (unpaired) electrons. The van der Waals surface area contributed by atoms with Crippen molar-refractivity contribution in [3.63, 3.8) is 0 Å². The molecule has 4 rings (SSSR count). The highest BCUT2D eigenvalue weighted by Crippen LogP contribution is 2.34. The number of hydrogen-bond donors (Lipinski definition) is 1. The number of hydrogen-bond acceptors (Lipinski definition) is 4. The molecule has 1 saturated carbocycles. The number of aromatic nitrogens is 1. The highest BCUT2D eigenvalue weighted by atomic mass is 35.5. The van der Waals surface area contributed by atoms with Crippen LogP contribution in [0.2, 0.25) is 5.02 Å². The summed E-state index contributed by atoms with van der Waals surface area (Å²) in [6, 6.07) is 9.76. The first-order valence-electron chi connectivity index (χ1n) is 8.00. The highest BCUT2D eigenvalue weighted by molar-refractivity contribution is 6.30. The van der Waals surface area contributed by atoms with E-state index in [0.29, 0.717) is 5.02 Å². The van der Waals surface area contributed by atoms with Crippen molar-refractivity contribution >= 4 is 23.5 Å². The fourth-order valence-electron chi connectivity index (χ4n) is 3.08. The Labute approximate surface area is 140 Å². The maximum atomic E-state index is 6.50. The van der Waals surface area contributed by atoms with Gasteiger partial charge in [0.2, 0.25) is 0 Å². The number of rotatable bonds is 4. The summed E-state index contributed by atoms with van der Waals surface area (Å²) in [5.41, 5.74) is 7.49. The molecule has 1 unspecified atom stereocenters. The second-order valence-electron chi connectivity index (χ2n) is 6.31. The molecule has 2 N–H and O–H groups in total. The maximum Gasteiger partial charge on any atom is 0.140 e. The quantitative estimate of drug-likeness (QED) is 0.935. The molecular weight excluding hydrogens is 308 g/mol. The average molecular weight is 327 g/mol. The van der Waals surface area contributed by atoms with Crippen LogP contribution in [-0.2, 0) is 0 Å². The largest absolute Gasteiger partial charge is 0.324 e. The lowest BCUT2D eigenvalue weighted by molar-refractivity contribution is 0.470. The van der Waals surface area contributed by atoms with Crippen molar-refractivity contribution in [2.45, 2.75) is 31.5 Å². The molecule has 1 aromatic heterocycles. The van der Waals surface area contributed by atoms with E-state index in [0.717, 1.165) is 28.6 Å². The minimum atomic E-state index is -0.120. The Hall–Kier alpha value is -1.91. The van der Waals surface area contributed by atoms with Gasteiger partial charge in [0.1, 0.15) is 6.17 Å².